The number of rotatable bonds is 4. The highest BCUT2D eigenvalue weighted by Crippen LogP contribution is 2.28. The molecule has 0 aliphatic heterocycles. The van der Waals surface area contributed by atoms with E-state index < -0.39 is 0 Å². The van der Waals surface area contributed by atoms with Gasteiger partial charge in [0, 0.05) is 23.7 Å². The van der Waals surface area contributed by atoms with Gasteiger partial charge >= 0.3 is 0 Å². The Labute approximate surface area is 118 Å². The molecule has 1 aliphatic rings. The number of aliphatic hydroxyl groups is 1. The molecule has 20 heavy (non-hydrogen) atoms. The smallest absolute Gasteiger partial charge is 0.254 e. The second-order valence-corrected chi connectivity index (χ2v) is 4.68. The Morgan fingerprint density at radius 3 is 2.60 bits per heavy atom. The molecule has 0 aromatic heterocycles. The molecular weight excluding hydrogens is 252 g/mol. The Bertz CT molecular complexity index is 571. The normalized spacial score (nSPS) is 13.0. The number of amides is 1. The summed E-state index contributed by atoms with van der Waals surface area (Å²) in [6.07, 6.45) is 2.41. The number of carbonyl (C=O) groups excluding carboxylic acids is 1. The second kappa shape index (κ2) is 6.75. The quantitative estimate of drug-likeness (QED) is 0.843. The van der Waals surface area contributed by atoms with Crippen LogP contribution in [0.1, 0.15) is 35.2 Å². The van der Waals surface area contributed by atoms with Crippen LogP contribution in [0, 0.1) is 23.2 Å². The minimum Gasteiger partial charge on any atom is -0.384 e. The Kier molecular flexibility index (Phi) is 4.76. The predicted molar refractivity (Wildman–Crippen MR) is 74.7 cm³/mol. The summed E-state index contributed by atoms with van der Waals surface area (Å²) < 4.78 is 0. The molecule has 0 unspecified atom stereocenters. The standard InChI is InChI=1S/C16H16N2O2/c17-10-2-11-18(15-8-9-15)16(20)14-6-4-13(5-7-14)3-1-12-19/h4-7,15,19H,2,8-9,11-12H2. The summed E-state index contributed by atoms with van der Waals surface area (Å²) >= 11 is 0. The lowest BCUT2D eigenvalue weighted by Crippen LogP contribution is -2.33. The van der Waals surface area contributed by atoms with Crippen molar-refractivity contribution in [2.24, 2.45) is 0 Å². The molecule has 102 valence electrons. The molecule has 2 rings (SSSR count). The molecule has 0 spiro atoms. The Morgan fingerprint density at radius 2 is 2.05 bits per heavy atom. The van der Waals surface area contributed by atoms with E-state index >= 15 is 0 Å². The summed E-state index contributed by atoms with van der Waals surface area (Å²) in [5, 5.41) is 17.3. The first-order valence-electron chi connectivity index (χ1n) is 6.64. The summed E-state index contributed by atoms with van der Waals surface area (Å²) in [5.74, 6) is 5.33. The van der Waals surface area contributed by atoms with Gasteiger partial charge in [0.15, 0.2) is 0 Å². The topological polar surface area (TPSA) is 64.3 Å². The summed E-state index contributed by atoms with van der Waals surface area (Å²) in [5.41, 5.74) is 1.38. The lowest BCUT2D eigenvalue weighted by atomic mass is 10.1. The molecular formula is C16H16N2O2. The van der Waals surface area contributed by atoms with Crippen LogP contribution in [0.3, 0.4) is 0 Å². The molecule has 1 aromatic rings. The van der Waals surface area contributed by atoms with Crippen LogP contribution in [0.25, 0.3) is 0 Å². The zero-order chi connectivity index (χ0) is 14.4. The van der Waals surface area contributed by atoms with Gasteiger partial charge in [-0.05, 0) is 37.1 Å². The fraction of sp³-hybridized carbons (Fsp3) is 0.375. The van der Waals surface area contributed by atoms with Crippen molar-refractivity contribution in [3.05, 3.63) is 35.4 Å². The van der Waals surface area contributed by atoms with Crippen molar-refractivity contribution >= 4 is 5.91 Å². The minimum atomic E-state index is -0.176. The lowest BCUT2D eigenvalue weighted by Gasteiger charge is -2.21. The monoisotopic (exact) mass is 268 g/mol. The van der Waals surface area contributed by atoms with E-state index in [0.717, 1.165) is 18.4 Å². The molecule has 1 saturated carbocycles. The summed E-state index contributed by atoms with van der Waals surface area (Å²) in [6, 6.07) is 9.40. The number of aliphatic hydroxyl groups excluding tert-OH is 1. The van der Waals surface area contributed by atoms with Crippen LogP contribution in [0.4, 0.5) is 0 Å². The third-order valence-corrected chi connectivity index (χ3v) is 3.16. The number of nitriles is 1. The van der Waals surface area contributed by atoms with Gasteiger partial charge in [0.2, 0.25) is 0 Å². The van der Waals surface area contributed by atoms with Crippen LogP contribution in [-0.4, -0.2) is 35.1 Å². The molecule has 0 saturated heterocycles. The maximum atomic E-state index is 12.4. The number of nitrogens with zero attached hydrogens (tertiary/aromatic N) is 2. The van der Waals surface area contributed by atoms with Gasteiger partial charge in [0.05, 0.1) is 12.5 Å². The lowest BCUT2D eigenvalue weighted by molar-refractivity contribution is 0.0747. The first-order chi connectivity index (χ1) is 9.76. The number of carbonyl (C=O) groups is 1. The van der Waals surface area contributed by atoms with E-state index in [0.29, 0.717) is 24.6 Å². The van der Waals surface area contributed by atoms with Gasteiger partial charge in [-0.1, -0.05) is 11.8 Å². The van der Waals surface area contributed by atoms with Crippen molar-refractivity contribution in [2.75, 3.05) is 13.2 Å². The Balaban J connectivity index is 2.09. The minimum absolute atomic E-state index is 0.0237. The Morgan fingerprint density at radius 1 is 1.35 bits per heavy atom. The van der Waals surface area contributed by atoms with Crippen molar-refractivity contribution in [3.8, 4) is 17.9 Å². The molecule has 1 aromatic carbocycles. The van der Waals surface area contributed by atoms with Crippen molar-refractivity contribution in [1.29, 1.82) is 5.26 Å². The van der Waals surface area contributed by atoms with Crippen LogP contribution in [0.5, 0.6) is 0 Å². The van der Waals surface area contributed by atoms with Gasteiger partial charge in [-0.25, -0.2) is 0 Å². The second-order valence-electron chi connectivity index (χ2n) is 4.68. The van der Waals surface area contributed by atoms with Crippen LogP contribution < -0.4 is 0 Å². The zero-order valence-corrected chi connectivity index (χ0v) is 11.2. The maximum absolute atomic E-state index is 12.4. The molecule has 4 heteroatoms. The average Bonchev–Trinajstić information content (AvgIpc) is 3.30. The first-order valence-corrected chi connectivity index (χ1v) is 6.64. The largest absolute Gasteiger partial charge is 0.384 e. The maximum Gasteiger partial charge on any atom is 0.254 e. The predicted octanol–water partition coefficient (Wildman–Crippen LogP) is 1.55. The highest BCUT2D eigenvalue weighted by molar-refractivity contribution is 5.94. The van der Waals surface area contributed by atoms with Crippen molar-refractivity contribution in [1.82, 2.24) is 4.90 Å². The van der Waals surface area contributed by atoms with Crippen molar-refractivity contribution < 1.29 is 9.90 Å². The van der Waals surface area contributed by atoms with Crippen molar-refractivity contribution in [2.45, 2.75) is 25.3 Å². The van der Waals surface area contributed by atoms with Crippen molar-refractivity contribution in [3.63, 3.8) is 0 Å². The molecule has 1 aliphatic carbocycles. The fourth-order valence-corrected chi connectivity index (χ4v) is 2.01. The van der Waals surface area contributed by atoms with Crippen LogP contribution in [-0.2, 0) is 0 Å². The van der Waals surface area contributed by atoms with E-state index in [1.165, 1.54) is 0 Å². The van der Waals surface area contributed by atoms with Crippen LogP contribution >= 0.6 is 0 Å². The molecule has 4 nitrogen and oxygen atoms in total. The molecule has 0 bridgehead atoms. The molecule has 0 heterocycles. The number of hydrogen-bond acceptors (Lipinski definition) is 3. The summed E-state index contributed by atoms with van der Waals surface area (Å²) in [6.45, 7) is 0.316. The van der Waals surface area contributed by atoms with E-state index in [2.05, 4.69) is 17.9 Å². The first kappa shape index (κ1) is 14.1. The highest BCUT2D eigenvalue weighted by Gasteiger charge is 2.32. The fourth-order valence-electron chi connectivity index (χ4n) is 2.01. The number of benzene rings is 1. The molecule has 0 atom stereocenters. The summed E-state index contributed by atoms with van der Waals surface area (Å²) in [7, 11) is 0. The highest BCUT2D eigenvalue weighted by atomic mass is 16.2. The third kappa shape index (κ3) is 3.60. The Hall–Kier alpha value is -2.30. The third-order valence-electron chi connectivity index (χ3n) is 3.16. The van der Waals surface area contributed by atoms with E-state index in [4.69, 9.17) is 10.4 Å². The van der Waals surface area contributed by atoms with E-state index in [9.17, 15) is 4.79 Å². The van der Waals surface area contributed by atoms with Gasteiger partial charge in [-0.2, -0.15) is 5.26 Å². The van der Waals surface area contributed by atoms with Gasteiger partial charge in [-0.15, -0.1) is 0 Å². The van der Waals surface area contributed by atoms with E-state index in [-0.39, 0.29) is 12.5 Å². The van der Waals surface area contributed by atoms with Gasteiger partial charge in [0.1, 0.15) is 6.61 Å². The zero-order valence-electron chi connectivity index (χ0n) is 11.2. The molecule has 1 amide bonds. The van der Waals surface area contributed by atoms with Crippen LogP contribution in [0.2, 0.25) is 0 Å². The van der Waals surface area contributed by atoms with Gasteiger partial charge in [-0.3, -0.25) is 4.79 Å². The number of hydrogen-bond donors (Lipinski definition) is 1. The average molecular weight is 268 g/mol. The molecule has 1 fully saturated rings. The molecule has 1 N–H and O–H groups in total. The van der Waals surface area contributed by atoms with Gasteiger partial charge in [0.25, 0.3) is 5.91 Å². The van der Waals surface area contributed by atoms with E-state index in [1.54, 1.807) is 29.2 Å². The SMILES string of the molecule is N#CCCN(C(=O)c1ccc(C#CCO)cc1)C1CC1. The molecule has 0 radical (unpaired) electrons. The van der Waals surface area contributed by atoms with Gasteiger partial charge < -0.3 is 10.0 Å². The summed E-state index contributed by atoms with van der Waals surface area (Å²) in [4.78, 5) is 14.2. The van der Waals surface area contributed by atoms with E-state index in [1.807, 2.05) is 0 Å². The van der Waals surface area contributed by atoms with Crippen LogP contribution in [0.15, 0.2) is 24.3 Å².